The molecule has 1 fully saturated rings. The lowest BCUT2D eigenvalue weighted by Gasteiger charge is -2.36. The van der Waals surface area contributed by atoms with E-state index in [4.69, 9.17) is 4.98 Å². The molecule has 2 aliphatic rings. The van der Waals surface area contributed by atoms with E-state index < -0.39 is 0 Å². The van der Waals surface area contributed by atoms with Crippen molar-refractivity contribution in [3.05, 3.63) is 72.2 Å². The molecular formula is C29H30N8O. The summed E-state index contributed by atoms with van der Waals surface area (Å²) in [6.45, 7) is 7.02. The van der Waals surface area contributed by atoms with Crippen LogP contribution in [-0.4, -0.2) is 71.0 Å². The van der Waals surface area contributed by atoms with E-state index in [1.165, 1.54) is 11.3 Å². The number of carbonyl (C=O) groups excluding carboxylic acids is 1. The molecule has 0 atom stereocenters. The van der Waals surface area contributed by atoms with Crippen LogP contribution < -0.4 is 15.1 Å². The second kappa shape index (κ2) is 10.1. The van der Waals surface area contributed by atoms with Crippen molar-refractivity contribution in [2.45, 2.75) is 13.3 Å². The Balaban J connectivity index is 1.18. The maximum atomic E-state index is 13.2. The predicted molar refractivity (Wildman–Crippen MR) is 148 cm³/mol. The molecule has 0 spiro atoms. The van der Waals surface area contributed by atoms with Gasteiger partial charge in [-0.1, -0.05) is 18.2 Å². The van der Waals surface area contributed by atoms with E-state index in [1.54, 1.807) is 12.4 Å². The van der Waals surface area contributed by atoms with Gasteiger partial charge in [-0.25, -0.2) is 4.98 Å². The molecule has 0 bridgehead atoms. The highest BCUT2D eigenvalue weighted by Crippen LogP contribution is 2.35. The van der Waals surface area contributed by atoms with E-state index in [0.717, 1.165) is 47.9 Å². The lowest BCUT2D eigenvalue weighted by atomic mass is 10.1. The molecule has 2 aromatic heterocycles. The number of rotatable bonds is 6. The minimum absolute atomic E-state index is 0.0423. The number of nitriles is 1. The van der Waals surface area contributed by atoms with Gasteiger partial charge in [-0.05, 0) is 43.2 Å². The van der Waals surface area contributed by atoms with Crippen LogP contribution in [0.15, 0.2) is 61.1 Å². The van der Waals surface area contributed by atoms with Crippen molar-refractivity contribution in [2.24, 2.45) is 0 Å². The first kappa shape index (κ1) is 23.8. The highest BCUT2D eigenvalue weighted by Gasteiger charge is 2.24. The maximum absolute atomic E-state index is 13.2. The molecule has 0 aliphatic carbocycles. The fourth-order valence-electron chi connectivity index (χ4n) is 5.53. The molecule has 2 aliphatic heterocycles. The molecule has 38 heavy (non-hydrogen) atoms. The lowest BCUT2D eigenvalue weighted by molar-refractivity contribution is -0.129. The Bertz CT molecular complexity index is 1530. The standard InChI is InChI=1S/C29H30N8O/c1-2-34-11-9-21-17-22(7-8-25(21)34)28-29(37-12-10-31-19-26(37)33-28)32-20-27(38)36-15-13-35(14-16-36)24-6-4-3-5-23(24)18-30/h3-8,10,12,17,19,32H,2,9,11,13-16,20H2,1H3. The number of fused-ring (bicyclic) bond motifs is 2. The summed E-state index contributed by atoms with van der Waals surface area (Å²) in [5, 5.41) is 12.8. The quantitative estimate of drug-likeness (QED) is 0.428. The van der Waals surface area contributed by atoms with Crippen molar-refractivity contribution in [3.8, 4) is 17.3 Å². The first-order chi connectivity index (χ1) is 18.7. The minimum atomic E-state index is 0.0423. The molecule has 1 saturated heterocycles. The molecule has 2 aromatic carbocycles. The zero-order chi connectivity index (χ0) is 26.1. The highest BCUT2D eigenvalue weighted by molar-refractivity contribution is 5.84. The largest absolute Gasteiger partial charge is 0.371 e. The number of anilines is 3. The van der Waals surface area contributed by atoms with Crippen molar-refractivity contribution in [2.75, 3.05) is 60.9 Å². The molecule has 4 heterocycles. The zero-order valence-electron chi connectivity index (χ0n) is 21.5. The summed E-state index contributed by atoms with van der Waals surface area (Å²) in [5.41, 5.74) is 6.81. The van der Waals surface area contributed by atoms with Crippen molar-refractivity contribution in [1.29, 1.82) is 5.26 Å². The van der Waals surface area contributed by atoms with Crippen LogP contribution in [0.2, 0.25) is 0 Å². The van der Waals surface area contributed by atoms with Gasteiger partial charge in [0, 0.05) is 62.9 Å². The SMILES string of the molecule is CCN1CCc2cc(-c3nc4cnccn4c3NCC(=O)N3CCN(c4ccccc4C#N)CC3)ccc21. The van der Waals surface area contributed by atoms with Gasteiger partial charge in [0.25, 0.3) is 0 Å². The smallest absolute Gasteiger partial charge is 0.242 e. The van der Waals surface area contributed by atoms with E-state index in [-0.39, 0.29) is 12.5 Å². The number of amides is 1. The number of nitrogens with one attached hydrogen (secondary N) is 1. The Morgan fingerprint density at radius 3 is 2.74 bits per heavy atom. The molecule has 0 unspecified atom stereocenters. The Labute approximate surface area is 221 Å². The number of hydrogen-bond acceptors (Lipinski definition) is 7. The summed E-state index contributed by atoms with van der Waals surface area (Å²) < 4.78 is 1.96. The molecule has 0 radical (unpaired) electrons. The molecular weight excluding hydrogens is 476 g/mol. The van der Waals surface area contributed by atoms with Gasteiger partial charge in [-0.3, -0.25) is 14.2 Å². The van der Waals surface area contributed by atoms with E-state index in [2.05, 4.69) is 51.3 Å². The normalized spacial score (nSPS) is 15.0. The van der Waals surface area contributed by atoms with Gasteiger partial charge in [0.2, 0.25) is 5.91 Å². The molecule has 4 aromatic rings. The van der Waals surface area contributed by atoms with Gasteiger partial charge in [0.15, 0.2) is 5.65 Å². The van der Waals surface area contributed by atoms with Crippen molar-refractivity contribution in [3.63, 3.8) is 0 Å². The average Bonchev–Trinajstić information content (AvgIpc) is 3.56. The summed E-state index contributed by atoms with van der Waals surface area (Å²) >= 11 is 0. The predicted octanol–water partition coefficient (Wildman–Crippen LogP) is 3.41. The maximum Gasteiger partial charge on any atom is 0.242 e. The summed E-state index contributed by atoms with van der Waals surface area (Å²) in [6, 6.07) is 16.4. The van der Waals surface area contributed by atoms with Crippen LogP contribution in [0, 0.1) is 11.3 Å². The number of carbonyl (C=O) groups is 1. The van der Waals surface area contributed by atoms with E-state index in [0.29, 0.717) is 31.7 Å². The monoisotopic (exact) mass is 506 g/mol. The molecule has 9 heteroatoms. The number of aromatic nitrogens is 3. The van der Waals surface area contributed by atoms with Crippen LogP contribution in [-0.2, 0) is 11.2 Å². The topological polar surface area (TPSA) is 92.8 Å². The Morgan fingerprint density at radius 1 is 1.08 bits per heavy atom. The summed E-state index contributed by atoms with van der Waals surface area (Å²) in [6.07, 6.45) is 6.36. The Kier molecular flexibility index (Phi) is 6.30. The summed E-state index contributed by atoms with van der Waals surface area (Å²) in [5.74, 6) is 0.836. The molecule has 1 N–H and O–H groups in total. The van der Waals surface area contributed by atoms with Crippen LogP contribution >= 0.6 is 0 Å². The highest BCUT2D eigenvalue weighted by atomic mass is 16.2. The first-order valence-corrected chi connectivity index (χ1v) is 13.1. The van der Waals surface area contributed by atoms with E-state index in [1.807, 2.05) is 39.8 Å². The number of hydrogen-bond donors (Lipinski definition) is 1. The Hall–Kier alpha value is -4.58. The lowest BCUT2D eigenvalue weighted by Crippen LogP contribution is -2.50. The summed E-state index contributed by atoms with van der Waals surface area (Å²) in [7, 11) is 0. The van der Waals surface area contributed by atoms with Crippen LogP contribution in [0.5, 0.6) is 0 Å². The van der Waals surface area contributed by atoms with Gasteiger partial charge < -0.3 is 20.0 Å². The second-order valence-electron chi connectivity index (χ2n) is 9.64. The molecule has 9 nitrogen and oxygen atoms in total. The Morgan fingerprint density at radius 2 is 1.92 bits per heavy atom. The first-order valence-electron chi connectivity index (χ1n) is 13.1. The van der Waals surface area contributed by atoms with Gasteiger partial charge >= 0.3 is 0 Å². The van der Waals surface area contributed by atoms with E-state index >= 15 is 0 Å². The van der Waals surface area contributed by atoms with Crippen LogP contribution in [0.1, 0.15) is 18.1 Å². The van der Waals surface area contributed by atoms with Gasteiger partial charge in [-0.2, -0.15) is 5.26 Å². The average molecular weight is 507 g/mol. The molecule has 6 rings (SSSR count). The number of likely N-dealkylation sites (N-methyl/N-ethyl adjacent to an activating group) is 1. The minimum Gasteiger partial charge on any atom is -0.371 e. The van der Waals surface area contributed by atoms with Crippen molar-refractivity contribution in [1.82, 2.24) is 19.3 Å². The van der Waals surface area contributed by atoms with Crippen molar-refractivity contribution >= 4 is 28.7 Å². The number of nitrogens with zero attached hydrogens (tertiary/aromatic N) is 7. The third kappa shape index (κ3) is 4.28. The third-order valence-corrected chi connectivity index (χ3v) is 7.56. The molecule has 192 valence electrons. The number of benzene rings is 2. The number of piperazine rings is 1. The third-order valence-electron chi connectivity index (χ3n) is 7.56. The van der Waals surface area contributed by atoms with Gasteiger partial charge in [0.1, 0.15) is 17.6 Å². The molecule has 0 saturated carbocycles. The fraction of sp³-hybridized carbons (Fsp3) is 0.310. The summed E-state index contributed by atoms with van der Waals surface area (Å²) in [4.78, 5) is 28.8. The zero-order valence-corrected chi connectivity index (χ0v) is 21.5. The second-order valence-corrected chi connectivity index (χ2v) is 9.64. The number of para-hydroxylation sites is 1. The van der Waals surface area contributed by atoms with E-state index in [9.17, 15) is 10.1 Å². The van der Waals surface area contributed by atoms with Gasteiger partial charge in [0.05, 0.1) is 24.0 Å². The number of imidazole rings is 1. The van der Waals surface area contributed by atoms with Gasteiger partial charge in [-0.15, -0.1) is 0 Å². The van der Waals surface area contributed by atoms with Crippen LogP contribution in [0.4, 0.5) is 17.2 Å². The van der Waals surface area contributed by atoms with Crippen LogP contribution in [0.25, 0.3) is 16.9 Å². The fourth-order valence-corrected chi connectivity index (χ4v) is 5.53. The van der Waals surface area contributed by atoms with Crippen molar-refractivity contribution < 1.29 is 4.79 Å². The molecule has 1 amide bonds. The van der Waals surface area contributed by atoms with Crippen LogP contribution in [0.3, 0.4) is 0 Å².